The summed E-state index contributed by atoms with van der Waals surface area (Å²) >= 11 is 0. The van der Waals surface area contributed by atoms with Gasteiger partial charge in [-0.3, -0.25) is 4.79 Å². The minimum absolute atomic E-state index is 0.0897. The molecule has 0 aromatic rings. The van der Waals surface area contributed by atoms with Crippen LogP contribution in [0.4, 0.5) is 0 Å². The van der Waals surface area contributed by atoms with Crippen molar-refractivity contribution in [2.75, 3.05) is 0 Å². The van der Waals surface area contributed by atoms with E-state index in [1.54, 1.807) is 0 Å². The average Bonchev–Trinajstić information content (AvgIpc) is 2.15. The van der Waals surface area contributed by atoms with E-state index in [-0.39, 0.29) is 17.9 Å². The van der Waals surface area contributed by atoms with E-state index in [0.717, 1.165) is 12.8 Å². The highest BCUT2D eigenvalue weighted by Gasteiger charge is 2.13. The van der Waals surface area contributed by atoms with Crippen LogP contribution in [0.15, 0.2) is 0 Å². The zero-order valence-corrected chi connectivity index (χ0v) is 8.76. The van der Waals surface area contributed by atoms with Gasteiger partial charge in [-0.1, -0.05) is 20.8 Å². The molecule has 2 unspecified atom stereocenters. The first-order valence-corrected chi connectivity index (χ1v) is 4.89. The third-order valence-electron chi connectivity index (χ3n) is 2.26. The van der Waals surface area contributed by atoms with Crippen molar-refractivity contribution in [3.63, 3.8) is 0 Å². The molecule has 0 aliphatic rings. The van der Waals surface area contributed by atoms with Crippen molar-refractivity contribution in [1.82, 2.24) is 5.32 Å². The molecule has 2 nitrogen and oxygen atoms in total. The Balaban J connectivity index is 3.94. The van der Waals surface area contributed by atoms with Gasteiger partial charge in [0.2, 0.25) is 5.91 Å². The molecule has 0 aromatic heterocycles. The first-order valence-electron chi connectivity index (χ1n) is 4.89. The number of carbonyl (C=O) groups is 1. The van der Waals surface area contributed by atoms with Crippen molar-refractivity contribution < 1.29 is 4.79 Å². The molecule has 1 N–H and O–H groups in total. The van der Waals surface area contributed by atoms with Crippen molar-refractivity contribution in [2.45, 2.75) is 46.1 Å². The lowest BCUT2D eigenvalue weighted by Crippen LogP contribution is -2.37. The lowest BCUT2D eigenvalue weighted by molar-refractivity contribution is -0.125. The van der Waals surface area contributed by atoms with Crippen molar-refractivity contribution in [3.05, 3.63) is 0 Å². The van der Waals surface area contributed by atoms with E-state index < -0.39 is 0 Å². The molecule has 0 bridgehead atoms. The summed E-state index contributed by atoms with van der Waals surface area (Å²) < 4.78 is 0. The number of hydrogen-bond acceptors (Lipinski definition) is 1. The van der Waals surface area contributed by atoms with E-state index in [9.17, 15) is 4.79 Å². The van der Waals surface area contributed by atoms with Gasteiger partial charge in [0.15, 0.2) is 0 Å². The fraction of sp³-hybridized carbons (Fsp3) is 0.727. The molecule has 0 radical (unpaired) electrons. The Labute approximate surface area is 81.1 Å². The highest BCUT2D eigenvalue weighted by Crippen LogP contribution is 2.03. The highest BCUT2D eigenvalue weighted by atomic mass is 16.1. The quantitative estimate of drug-likeness (QED) is 0.645. The van der Waals surface area contributed by atoms with Crippen molar-refractivity contribution in [3.8, 4) is 12.3 Å². The van der Waals surface area contributed by atoms with Crippen molar-refractivity contribution in [2.24, 2.45) is 5.92 Å². The van der Waals surface area contributed by atoms with E-state index in [0.29, 0.717) is 6.42 Å². The molecule has 0 aliphatic carbocycles. The second-order valence-corrected chi connectivity index (χ2v) is 3.33. The summed E-state index contributed by atoms with van der Waals surface area (Å²) in [6.07, 6.45) is 7.58. The van der Waals surface area contributed by atoms with Crippen LogP contribution in [0.5, 0.6) is 0 Å². The van der Waals surface area contributed by atoms with Gasteiger partial charge in [0.25, 0.3) is 0 Å². The molecular formula is C11H19NO. The summed E-state index contributed by atoms with van der Waals surface area (Å²) in [5, 5.41) is 2.94. The van der Waals surface area contributed by atoms with Gasteiger partial charge in [0, 0.05) is 18.4 Å². The second-order valence-electron chi connectivity index (χ2n) is 3.33. The Morgan fingerprint density at radius 2 is 2.08 bits per heavy atom. The van der Waals surface area contributed by atoms with Crippen molar-refractivity contribution in [1.29, 1.82) is 0 Å². The van der Waals surface area contributed by atoms with Crippen LogP contribution >= 0.6 is 0 Å². The lowest BCUT2D eigenvalue weighted by Gasteiger charge is -2.16. The lowest BCUT2D eigenvalue weighted by atomic mass is 10.1. The van der Waals surface area contributed by atoms with Crippen LogP contribution < -0.4 is 5.32 Å². The fourth-order valence-corrected chi connectivity index (χ4v) is 0.969. The summed E-state index contributed by atoms with van der Waals surface area (Å²) in [6, 6.07) is 0.145. The predicted octanol–water partition coefficient (Wildman–Crippen LogP) is 1.95. The standard InChI is InChI=1S/C11H19NO/c1-5-8-10(7-3)12-11(13)9(4)6-2/h1,9-10H,6-8H2,2-4H3,(H,12,13). The van der Waals surface area contributed by atoms with Crippen LogP contribution in [-0.4, -0.2) is 11.9 Å². The van der Waals surface area contributed by atoms with E-state index in [1.807, 2.05) is 20.8 Å². The van der Waals surface area contributed by atoms with E-state index in [4.69, 9.17) is 6.42 Å². The van der Waals surface area contributed by atoms with Gasteiger partial charge in [-0.2, -0.15) is 0 Å². The van der Waals surface area contributed by atoms with Crippen LogP contribution in [0.1, 0.15) is 40.0 Å². The molecule has 0 heterocycles. The average molecular weight is 181 g/mol. The van der Waals surface area contributed by atoms with Gasteiger partial charge < -0.3 is 5.32 Å². The van der Waals surface area contributed by atoms with Crippen LogP contribution in [0, 0.1) is 18.3 Å². The molecular weight excluding hydrogens is 162 g/mol. The highest BCUT2D eigenvalue weighted by molar-refractivity contribution is 5.78. The number of hydrogen-bond donors (Lipinski definition) is 1. The first-order chi connectivity index (χ1) is 6.15. The Morgan fingerprint density at radius 1 is 1.46 bits per heavy atom. The van der Waals surface area contributed by atoms with Gasteiger partial charge in [-0.15, -0.1) is 12.3 Å². The summed E-state index contributed by atoms with van der Waals surface area (Å²) in [6.45, 7) is 5.96. The number of rotatable bonds is 5. The topological polar surface area (TPSA) is 29.1 Å². The monoisotopic (exact) mass is 181 g/mol. The van der Waals surface area contributed by atoms with Crippen LogP contribution in [0.25, 0.3) is 0 Å². The van der Waals surface area contributed by atoms with Gasteiger partial charge in [-0.05, 0) is 12.8 Å². The second kappa shape index (κ2) is 6.54. The third kappa shape index (κ3) is 4.57. The molecule has 2 heteroatoms. The minimum Gasteiger partial charge on any atom is -0.352 e. The first kappa shape index (κ1) is 12.0. The Kier molecular flexibility index (Phi) is 6.05. The molecule has 1 amide bonds. The fourth-order valence-electron chi connectivity index (χ4n) is 0.969. The summed E-state index contributed by atoms with van der Waals surface area (Å²) in [7, 11) is 0. The number of carbonyl (C=O) groups excluding carboxylic acids is 1. The number of amides is 1. The predicted molar refractivity (Wildman–Crippen MR) is 55.1 cm³/mol. The van der Waals surface area contributed by atoms with E-state index >= 15 is 0 Å². The molecule has 2 atom stereocenters. The molecule has 0 aromatic carbocycles. The molecule has 0 saturated carbocycles. The molecule has 0 fully saturated rings. The van der Waals surface area contributed by atoms with Crippen LogP contribution in [0.3, 0.4) is 0 Å². The van der Waals surface area contributed by atoms with Crippen LogP contribution in [0.2, 0.25) is 0 Å². The largest absolute Gasteiger partial charge is 0.352 e. The molecule has 0 saturated heterocycles. The molecule has 74 valence electrons. The Morgan fingerprint density at radius 3 is 2.46 bits per heavy atom. The molecule has 13 heavy (non-hydrogen) atoms. The van der Waals surface area contributed by atoms with Gasteiger partial charge in [-0.25, -0.2) is 0 Å². The maximum Gasteiger partial charge on any atom is 0.223 e. The van der Waals surface area contributed by atoms with Crippen LogP contribution in [-0.2, 0) is 4.79 Å². The summed E-state index contributed by atoms with van der Waals surface area (Å²) in [4.78, 5) is 11.4. The van der Waals surface area contributed by atoms with Gasteiger partial charge in [0.1, 0.15) is 0 Å². The SMILES string of the molecule is C#CCC(CC)NC(=O)C(C)CC. The molecule has 0 spiro atoms. The molecule has 0 aliphatic heterocycles. The van der Waals surface area contributed by atoms with E-state index in [1.165, 1.54) is 0 Å². The minimum atomic E-state index is 0.0897. The number of terminal acetylenes is 1. The summed E-state index contributed by atoms with van der Waals surface area (Å²) in [5.41, 5.74) is 0. The van der Waals surface area contributed by atoms with Crippen molar-refractivity contribution >= 4 is 5.91 Å². The van der Waals surface area contributed by atoms with E-state index in [2.05, 4.69) is 11.2 Å². The van der Waals surface area contributed by atoms with Gasteiger partial charge in [0.05, 0.1) is 0 Å². The Hall–Kier alpha value is -0.970. The maximum absolute atomic E-state index is 11.4. The zero-order chi connectivity index (χ0) is 10.3. The third-order valence-corrected chi connectivity index (χ3v) is 2.26. The smallest absolute Gasteiger partial charge is 0.223 e. The Bertz CT molecular complexity index is 193. The number of nitrogens with one attached hydrogen (secondary N) is 1. The normalized spacial score (nSPS) is 14.3. The summed E-state index contributed by atoms with van der Waals surface area (Å²) in [5.74, 6) is 2.77. The van der Waals surface area contributed by atoms with Gasteiger partial charge >= 0.3 is 0 Å². The maximum atomic E-state index is 11.4. The zero-order valence-electron chi connectivity index (χ0n) is 8.76. The molecule has 0 rings (SSSR count).